The molecule has 0 aliphatic carbocycles. The number of benzene rings is 1. The second-order valence-corrected chi connectivity index (χ2v) is 10.1. The molecule has 31 heavy (non-hydrogen) atoms. The molecule has 3 heterocycles. The van der Waals surface area contributed by atoms with Crippen LogP contribution < -0.4 is 0 Å². The van der Waals surface area contributed by atoms with E-state index in [2.05, 4.69) is 0 Å². The van der Waals surface area contributed by atoms with Crippen molar-refractivity contribution in [3.05, 3.63) is 30.5 Å². The van der Waals surface area contributed by atoms with Gasteiger partial charge < -0.3 is 19.1 Å². The Hall–Kier alpha value is -2.39. The first-order chi connectivity index (χ1) is 15.0. The van der Waals surface area contributed by atoms with Gasteiger partial charge in [-0.3, -0.25) is 9.59 Å². The molecule has 2 aromatic rings. The Bertz CT molecular complexity index is 1050. The summed E-state index contributed by atoms with van der Waals surface area (Å²) in [5.74, 6) is -0.963. The first kappa shape index (κ1) is 21.8. The topological polar surface area (TPSA) is 88.9 Å². The van der Waals surface area contributed by atoms with Crippen molar-refractivity contribution in [3.63, 3.8) is 0 Å². The SMILES string of the molecule is O=C(Cn1cc(S(=O)(=O)CC(=O)N2CCCCCC2)c2ccccc21)N1CCOCC1. The highest BCUT2D eigenvalue weighted by atomic mass is 32.2. The van der Waals surface area contributed by atoms with Gasteiger partial charge in [0, 0.05) is 43.3 Å². The van der Waals surface area contributed by atoms with E-state index in [1.54, 1.807) is 32.6 Å². The number of hydrogen-bond donors (Lipinski definition) is 0. The van der Waals surface area contributed by atoms with Crippen molar-refractivity contribution in [1.29, 1.82) is 0 Å². The van der Waals surface area contributed by atoms with E-state index in [1.807, 2.05) is 6.07 Å². The maximum atomic E-state index is 13.2. The number of ether oxygens (including phenoxy) is 1. The predicted molar refractivity (Wildman–Crippen MR) is 116 cm³/mol. The van der Waals surface area contributed by atoms with Crippen LogP contribution in [-0.4, -0.2) is 79.7 Å². The molecule has 2 aliphatic heterocycles. The minimum absolute atomic E-state index is 0.0517. The van der Waals surface area contributed by atoms with E-state index in [1.165, 1.54) is 6.20 Å². The molecule has 9 heteroatoms. The van der Waals surface area contributed by atoms with Crippen molar-refractivity contribution in [2.75, 3.05) is 45.1 Å². The highest BCUT2D eigenvalue weighted by Crippen LogP contribution is 2.27. The molecule has 1 aromatic carbocycles. The summed E-state index contributed by atoms with van der Waals surface area (Å²) in [6.45, 7) is 3.37. The molecule has 168 valence electrons. The van der Waals surface area contributed by atoms with E-state index in [9.17, 15) is 18.0 Å². The van der Waals surface area contributed by atoms with Gasteiger partial charge in [-0.1, -0.05) is 31.0 Å². The molecule has 0 bridgehead atoms. The standard InChI is InChI=1S/C22H29N3O5S/c26-21(24-11-13-30-14-12-24)16-25-15-20(18-7-3-4-8-19(18)25)31(28,29)17-22(27)23-9-5-1-2-6-10-23/h3-4,7-8,15H,1-2,5-6,9-14,16-17H2. The summed E-state index contributed by atoms with van der Waals surface area (Å²) in [5.41, 5.74) is 0.671. The van der Waals surface area contributed by atoms with Gasteiger partial charge in [0.1, 0.15) is 12.3 Å². The van der Waals surface area contributed by atoms with Gasteiger partial charge in [-0.05, 0) is 18.9 Å². The van der Waals surface area contributed by atoms with E-state index in [4.69, 9.17) is 4.74 Å². The number of sulfone groups is 1. The quantitative estimate of drug-likeness (QED) is 0.696. The van der Waals surface area contributed by atoms with Crippen molar-refractivity contribution in [1.82, 2.24) is 14.4 Å². The Morgan fingerprint density at radius 2 is 1.52 bits per heavy atom. The van der Waals surface area contributed by atoms with Gasteiger partial charge in [0.2, 0.25) is 11.8 Å². The number of nitrogens with zero attached hydrogens (tertiary/aromatic N) is 3. The molecule has 2 saturated heterocycles. The van der Waals surface area contributed by atoms with Crippen LogP contribution in [0.3, 0.4) is 0 Å². The maximum absolute atomic E-state index is 13.2. The maximum Gasteiger partial charge on any atom is 0.242 e. The zero-order chi connectivity index (χ0) is 21.8. The number of para-hydroxylation sites is 1. The van der Waals surface area contributed by atoms with E-state index in [0.717, 1.165) is 25.7 Å². The average molecular weight is 448 g/mol. The number of carbonyl (C=O) groups excluding carboxylic acids is 2. The van der Waals surface area contributed by atoms with Gasteiger partial charge in [0.05, 0.1) is 18.1 Å². The van der Waals surface area contributed by atoms with E-state index >= 15 is 0 Å². The molecule has 0 atom stereocenters. The fourth-order valence-corrected chi connectivity index (χ4v) is 5.76. The lowest BCUT2D eigenvalue weighted by atomic mass is 10.2. The Labute approximate surface area is 182 Å². The Kier molecular flexibility index (Phi) is 6.62. The van der Waals surface area contributed by atoms with Crippen LogP contribution in [0.1, 0.15) is 25.7 Å². The van der Waals surface area contributed by atoms with Gasteiger partial charge in [-0.2, -0.15) is 0 Å². The molecule has 8 nitrogen and oxygen atoms in total. The molecule has 0 N–H and O–H groups in total. The number of hydrogen-bond acceptors (Lipinski definition) is 5. The largest absolute Gasteiger partial charge is 0.378 e. The van der Waals surface area contributed by atoms with Crippen molar-refractivity contribution < 1.29 is 22.7 Å². The second kappa shape index (κ2) is 9.40. The predicted octanol–water partition coefficient (Wildman–Crippen LogP) is 1.68. The minimum Gasteiger partial charge on any atom is -0.378 e. The van der Waals surface area contributed by atoms with Gasteiger partial charge in [0.15, 0.2) is 9.84 Å². The molecule has 4 rings (SSSR count). The molecule has 0 spiro atoms. The first-order valence-electron chi connectivity index (χ1n) is 10.9. The number of morpholine rings is 1. The zero-order valence-electron chi connectivity index (χ0n) is 17.7. The third kappa shape index (κ3) is 4.93. The first-order valence-corrected chi connectivity index (χ1v) is 12.5. The van der Waals surface area contributed by atoms with Crippen LogP contribution in [0.25, 0.3) is 10.9 Å². The Morgan fingerprint density at radius 1 is 0.871 bits per heavy atom. The second-order valence-electron chi connectivity index (χ2n) is 8.19. The summed E-state index contributed by atoms with van der Waals surface area (Å²) < 4.78 is 33.4. The number of aromatic nitrogens is 1. The summed E-state index contributed by atoms with van der Waals surface area (Å²) >= 11 is 0. The molecule has 0 radical (unpaired) electrons. The van der Waals surface area contributed by atoms with E-state index in [-0.39, 0.29) is 23.3 Å². The van der Waals surface area contributed by atoms with Gasteiger partial charge in [-0.15, -0.1) is 0 Å². The Balaban J connectivity index is 1.58. The summed E-state index contributed by atoms with van der Waals surface area (Å²) in [7, 11) is -3.84. The lowest BCUT2D eigenvalue weighted by Gasteiger charge is -2.27. The minimum atomic E-state index is -3.84. The van der Waals surface area contributed by atoms with Gasteiger partial charge in [0.25, 0.3) is 0 Å². The average Bonchev–Trinajstić information content (AvgIpc) is 2.94. The number of fused-ring (bicyclic) bond motifs is 1. The molecule has 0 saturated carbocycles. The highest BCUT2D eigenvalue weighted by molar-refractivity contribution is 7.92. The van der Waals surface area contributed by atoms with Crippen LogP contribution in [-0.2, 0) is 30.7 Å². The number of amides is 2. The van der Waals surface area contributed by atoms with E-state index < -0.39 is 15.6 Å². The smallest absolute Gasteiger partial charge is 0.242 e. The third-order valence-corrected chi connectivity index (χ3v) is 7.65. The number of rotatable bonds is 5. The molecule has 2 fully saturated rings. The summed E-state index contributed by atoms with van der Waals surface area (Å²) in [6.07, 6.45) is 5.47. The molecular weight excluding hydrogens is 418 g/mol. The monoisotopic (exact) mass is 447 g/mol. The van der Waals surface area contributed by atoms with Crippen molar-refractivity contribution in [3.8, 4) is 0 Å². The van der Waals surface area contributed by atoms with Crippen LogP contribution in [0.15, 0.2) is 35.4 Å². The van der Waals surface area contributed by atoms with Crippen LogP contribution in [0, 0.1) is 0 Å². The summed E-state index contributed by atoms with van der Waals surface area (Å²) in [6, 6.07) is 7.12. The molecule has 2 amide bonds. The fourth-order valence-electron chi connectivity index (χ4n) is 4.30. The van der Waals surface area contributed by atoms with Crippen LogP contribution in [0.4, 0.5) is 0 Å². The van der Waals surface area contributed by atoms with Gasteiger partial charge in [-0.25, -0.2) is 8.42 Å². The third-order valence-electron chi connectivity index (χ3n) is 6.03. The highest BCUT2D eigenvalue weighted by Gasteiger charge is 2.28. The van der Waals surface area contributed by atoms with Crippen molar-refractivity contribution in [2.24, 2.45) is 0 Å². The molecule has 2 aliphatic rings. The Morgan fingerprint density at radius 3 is 2.23 bits per heavy atom. The van der Waals surface area contributed by atoms with Crippen LogP contribution in [0.5, 0.6) is 0 Å². The van der Waals surface area contributed by atoms with Crippen LogP contribution >= 0.6 is 0 Å². The summed E-state index contributed by atoms with van der Waals surface area (Å²) in [4.78, 5) is 29.0. The van der Waals surface area contributed by atoms with Crippen LogP contribution in [0.2, 0.25) is 0 Å². The zero-order valence-corrected chi connectivity index (χ0v) is 18.5. The normalized spacial score (nSPS) is 18.2. The molecule has 1 aromatic heterocycles. The van der Waals surface area contributed by atoms with Gasteiger partial charge >= 0.3 is 0 Å². The number of carbonyl (C=O) groups is 2. The van der Waals surface area contributed by atoms with Crippen molar-refractivity contribution in [2.45, 2.75) is 37.1 Å². The number of likely N-dealkylation sites (tertiary alicyclic amines) is 1. The molecule has 0 unspecified atom stereocenters. The van der Waals surface area contributed by atoms with E-state index in [0.29, 0.717) is 50.3 Å². The molecular formula is C22H29N3O5S. The van der Waals surface area contributed by atoms with Crippen molar-refractivity contribution >= 4 is 32.6 Å². The lowest BCUT2D eigenvalue weighted by Crippen LogP contribution is -2.42. The summed E-state index contributed by atoms with van der Waals surface area (Å²) in [5, 5.41) is 0.543. The fraction of sp³-hybridized carbons (Fsp3) is 0.545. The lowest BCUT2D eigenvalue weighted by molar-refractivity contribution is -0.135.